The SMILES string of the molecule is CC(C)(C)NC(=O)[C@H]1CC[C@H]2CCCC[C@H]2N1C[C@@H]1C[C@H](c2ccc(CO)cc2)O[C@H](c2cccc(NC(=O)CCCCCC(=O)Nc3ccccc3N)c2)O1. The van der Waals surface area contributed by atoms with Crippen molar-refractivity contribution >= 4 is 34.8 Å². The van der Waals surface area contributed by atoms with E-state index in [0.29, 0.717) is 67.7 Å². The van der Waals surface area contributed by atoms with Crippen molar-refractivity contribution in [2.24, 2.45) is 5.92 Å². The standard InChI is InChI=1S/C45H61N5O6/c1-45(2,3)49-43(54)39-25-24-31-12-7-10-17-38(31)50(39)28-35-27-40(32-22-20-30(29-51)21-23-32)56-44(55-35)33-13-11-14-34(26-33)47-41(52)18-5-4-6-19-42(53)48-37-16-9-8-15-36(37)46/h8-9,11,13-16,20-23,26,31,35,38-40,44,51H,4-7,10,12,17-19,24-25,27-29,46H2,1-3H3,(H,47,52)(H,48,53)(H,49,54)/t31-,35+,38-,39-,40-,44-/m1/s1. The fourth-order valence-corrected chi connectivity index (χ4v) is 8.55. The molecule has 0 unspecified atom stereocenters. The van der Waals surface area contributed by atoms with Gasteiger partial charge in [0.05, 0.1) is 36.2 Å². The van der Waals surface area contributed by atoms with Crippen LogP contribution in [0, 0.1) is 5.92 Å². The van der Waals surface area contributed by atoms with Gasteiger partial charge in [-0.3, -0.25) is 19.3 Å². The average molecular weight is 768 g/mol. The molecule has 1 aliphatic carbocycles. The lowest BCUT2D eigenvalue weighted by Gasteiger charge is -2.50. The van der Waals surface area contributed by atoms with Gasteiger partial charge in [-0.05, 0) is 101 Å². The van der Waals surface area contributed by atoms with Crippen LogP contribution in [0.15, 0.2) is 72.8 Å². The predicted octanol–water partition coefficient (Wildman–Crippen LogP) is 7.77. The van der Waals surface area contributed by atoms with E-state index in [1.54, 1.807) is 12.1 Å². The second kappa shape index (κ2) is 19.2. The summed E-state index contributed by atoms with van der Waals surface area (Å²) in [6, 6.07) is 22.8. The van der Waals surface area contributed by atoms with Crippen molar-refractivity contribution < 1.29 is 29.0 Å². The van der Waals surface area contributed by atoms with Crippen molar-refractivity contribution in [2.75, 3.05) is 22.9 Å². The molecule has 2 heterocycles. The van der Waals surface area contributed by atoms with Crippen LogP contribution < -0.4 is 21.7 Å². The first-order valence-corrected chi connectivity index (χ1v) is 20.6. The number of benzene rings is 3. The van der Waals surface area contributed by atoms with Crippen LogP contribution in [-0.4, -0.2) is 58.0 Å². The summed E-state index contributed by atoms with van der Waals surface area (Å²) in [5, 5.41) is 18.8. The third-order valence-corrected chi connectivity index (χ3v) is 11.3. The molecule has 6 N–H and O–H groups in total. The summed E-state index contributed by atoms with van der Waals surface area (Å²) in [5.74, 6) is 0.478. The van der Waals surface area contributed by atoms with E-state index < -0.39 is 6.29 Å². The van der Waals surface area contributed by atoms with Gasteiger partial charge in [0.15, 0.2) is 6.29 Å². The maximum absolute atomic E-state index is 13.8. The van der Waals surface area contributed by atoms with Crippen molar-refractivity contribution in [3.63, 3.8) is 0 Å². The summed E-state index contributed by atoms with van der Waals surface area (Å²) < 4.78 is 13.5. The molecule has 3 amide bonds. The lowest BCUT2D eigenvalue weighted by atomic mass is 9.75. The van der Waals surface area contributed by atoms with Gasteiger partial charge in [-0.25, -0.2) is 0 Å². The van der Waals surface area contributed by atoms with E-state index in [2.05, 4.69) is 20.9 Å². The third-order valence-electron chi connectivity index (χ3n) is 11.3. The summed E-state index contributed by atoms with van der Waals surface area (Å²) >= 11 is 0. The number of carbonyl (C=O) groups excluding carboxylic acids is 3. The number of ether oxygens (including phenoxy) is 2. The zero-order valence-corrected chi connectivity index (χ0v) is 33.3. The highest BCUT2D eigenvalue weighted by atomic mass is 16.7. The number of fused-ring (bicyclic) bond motifs is 1. The van der Waals surface area contributed by atoms with Crippen LogP contribution in [0.25, 0.3) is 0 Å². The number of nitrogen functional groups attached to an aromatic ring is 1. The Morgan fingerprint density at radius 1 is 0.821 bits per heavy atom. The number of anilines is 3. The summed E-state index contributed by atoms with van der Waals surface area (Å²) in [7, 11) is 0. The van der Waals surface area contributed by atoms with Gasteiger partial charge in [0.1, 0.15) is 0 Å². The molecule has 302 valence electrons. The quantitative estimate of drug-likeness (QED) is 0.0824. The van der Waals surface area contributed by atoms with Crippen LogP contribution >= 0.6 is 0 Å². The summed E-state index contributed by atoms with van der Waals surface area (Å²) in [5.41, 5.74) is 10.0. The molecular formula is C45H61N5O6. The molecule has 3 fully saturated rings. The topological polar surface area (TPSA) is 155 Å². The van der Waals surface area contributed by atoms with Crippen LogP contribution in [0.2, 0.25) is 0 Å². The number of hydrogen-bond acceptors (Lipinski definition) is 8. The molecule has 11 heteroatoms. The molecule has 56 heavy (non-hydrogen) atoms. The molecule has 3 aromatic carbocycles. The van der Waals surface area contributed by atoms with Crippen molar-refractivity contribution in [2.45, 2.75) is 141 Å². The second-order valence-corrected chi connectivity index (χ2v) is 16.9. The molecule has 0 spiro atoms. The number of amides is 3. The Hall–Kier alpha value is -4.29. The van der Waals surface area contributed by atoms with E-state index in [0.717, 1.165) is 42.4 Å². The van der Waals surface area contributed by atoms with E-state index >= 15 is 0 Å². The number of hydrogen-bond donors (Lipinski definition) is 5. The Morgan fingerprint density at radius 3 is 2.29 bits per heavy atom. The Bertz CT molecular complexity index is 1780. The normalized spacial score (nSPS) is 24.1. The number of rotatable bonds is 14. The van der Waals surface area contributed by atoms with Gasteiger partial charge in [0.25, 0.3) is 0 Å². The van der Waals surface area contributed by atoms with Crippen molar-refractivity contribution in [3.05, 3.63) is 89.5 Å². The summed E-state index contributed by atoms with van der Waals surface area (Å²) in [4.78, 5) is 41.6. The number of piperidine rings is 1. The van der Waals surface area contributed by atoms with E-state index in [1.807, 2.05) is 81.4 Å². The minimum Gasteiger partial charge on any atom is -0.397 e. The van der Waals surface area contributed by atoms with Gasteiger partial charge in [-0.15, -0.1) is 0 Å². The Labute approximate surface area is 332 Å². The molecule has 11 nitrogen and oxygen atoms in total. The molecule has 3 aliphatic rings. The van der Waals surface area contributed by atoms with Crippen LogP contribution in [0.5, 0.6) is 0 Å². The minimum atomic E-state index is -0.695. The Morgan fingerprint density at radius 2 is 1.55 bits per heavy atom. The molecule has 0 bridgehead atoms. The summed E-state index contributed by atoms with van der Waals surface area (Å²) in [6.07, 6.45) is 8.81. The molecule has 2 saturated heterocycles. The summed E-state index contributed by atoms with van der Waals surface area (Å²) in [6.45, 7) is 6.68. The third kappa shape index (κ3) is 11.4. The number of nitrogens with zero attached hydrogens (tertiary/aromatic N) is 1. The number of aliphatic hydroxyl groups excluding tert-OH is 1. The lowest BCUT2D eigenvalue weighted by Crippen LogP contribution is -2.61. The van der Waals surface area contributed by atoms with Gasteiger partial charge in [0, 0.05) is 48.6 Å². The van der Waals surface area contributed by atoms with Crippen LogP contribution in [-0.2, 0) is 30.5 Å². The van der Waals surface area contributed by atoms with Crippen LogP contribution in [0.3, 0.4) is 0 Å². The molecule has 0 aromatic heterocycles. The fraction of sp³-hybridized carbons (Fsp3) is 0.533. The maximum Gasteiger partial charge on any atom is 0.237 e. The van der Waals surface area contributed by atoms with Gasteiger partial charge in [0.2, 0.25) is 17.7 Å². The van der Waals surface area contributed by atoms with Crippen molar-refractivity contribution in [1.82, 2.24) is 10.2 Å². The zero-order valence-electron chi connectivity index (χ0n) is 33.3. The smallest absolute Gasteiger partial charge is 0.237 e. The van der Waals surface area contributed by atoms with Crippen molar-refractivity contribution in [1.29, 1.82) is 0 Å². The highest BCUT2D eigenvalue weighted by Gasteiger charge is 2.44. The van der Waals surface area contributed by atoms with Gasteiger partial charge >= 0.3 is 0 Å². The first kappa shape index (κ1) is 41.3. The molecule has 1 saturated carbocycles. The highest BCUT2D eigenvalue weighted by Crippen LogP contribution is 2.42. The average Bonchev–Trinajstić information content (AvgIpc) is 3.18. The first-order chi connectivity index (χ1) is 27.0. The lowest BCUT2D eigenvalue weighted by molar-refractivity contribution is -0.255. The van der Waals surface area contributed by atoms with E-state index in [9.17, 15) is 19.5 Å². The first-order valence-electron chi connectivity index (χ1n) is 20.6. The minimum absolute atomic E-state index is 0.0317. The zero-order chi connectivity index (χ0) is 39.7. The number of para-hydroxylation sites is 2. The van der Waals surface area contributed by atoms with Gasteiger partial charge in [-0.1, -0.05) is 67.8 Å². The second-order valence-electron chi connectivity index (χ2n) is 16.9. The number of nitrogens with two attached hydrogens (primary N) is 1. The molecule has 2 aliphatic heterocycles. The number of aliphatic hydroxyl groups is 1. The molecule has 3 aromatic rings. The molecular weight excluding hydrogens is 707 g/mol. The maximum atomic E-state index is 13.8. The number of carbonyl (C=O) groups is 3. The molecule has 0 radical (unpaired) electrons. The van der Waals surface area contributed by atoms with E-state index in [1.165, 1.54) is 19.3 Å². The number of nitrogens with one attached hydrogen (secondary N) is 3. The fourth-order valence-electron chi connectivity index (χ4n) is 8.55. The highest BCUT2D eigenvalue weighted by molar-refractivity contribution is 5.93. The van der Waals surface area contributed by atoms with Crippen LogP contribution in [0.4, 0.5) is 17.1 Å². The molecule has 6 atom stereocenters. The van der Waals surface area contributed by atoms with Crippen LogP contribution in [0.1, 0.15) is 127 Å². The monoisotopic (exact) mass is 767 g/mol. The predicted molar refractivity (Wildman–Crippen MR) is 219 cm³/mol. The largest absolute Gasteiger partial charge is 0.397 e. The Balaban J connectivity index is 1.11. The molecule has 6 rings (SSSR count). The van der Waals surface area contributed by atoms with E-state index in [-0.39, 0.29) is 48.1 Å². The number of unbranched alkanes of at least 4 members (excludes halogenated alkanes) is 2. The number of likely N-dealkylation sites (tertiary alicyclic amines) is 1. The Kier molecular flexibility index (Phi) is 14.2. The van der Waals surface area contributed by atoms with E-state index in [4.69, 9.17) is 15.2 Å². The van der Waals surface area contributed by atoms with Gasteiger partial charge in [-0.2, -0.15) is 0 Å². The van der Waals surface area contributed by atoms with Gasteiger partial charge < -0.3 is 36.3 Å². The van der Waals surface area contributed by atoms with Crippen molar-refractivity contribution in [3.8, 4) is 0 Å².